The highest BCUT2D eigenvalue weighted by Gasteiger charge is 2.12. The van der Waals surface area contributed by atoms with Crippen molar-refractivity contribution in [2.24, 2.45) is 0 Å². The van der Waals surface area contributed by atoms with Gasteiger partial charge in [0.1, 0.15) is 5.82 Å². The molecule has 0 spiro atoms. The lowest BCUT2D eigenvalue weighted by atomic mass is 10.1. The van der Waals surface area contributed by atoms with E-state index in [1.54, 1.807) is 17.1 Å². The van der Waals surface area contributed by atoms with E-state index in [2.05, 4.69) is 25.6 Å². The second-order valence-corrected chi connectivity index (χ2v) is 6.18. The van der Waals surface area contributed by atoms with Crippen LogP contribution in [-0.2, 0) is 6.54 Å². The van der Waals surface area contributed by atoms with Crippen molar-refractivity contribution in [2.75, 3.05) is 23.3 Å². The van der Waals surface area contributed by atoms with E-state index in [0.29, 0.717) is 12.2 Å². The summed E-state index contributed by atoms with van der Waals surface area (Å²) < 4.78 is 1.79. The summed E-state index contributed by atoms with van der Waals surface area (Å²) in [6.07, 6.45) is 9.05. The minimum absolute atomic E-state index is 0.0227. The molecule has 2 aromatic heterocycles. The summed E-state index contributed by atoms with van der Waals surface area (Å²) in [4.78, 5) is 18.8. The van der Waals surface area contributed by atoms with Gasteiger partial charge in [-0.15, -0.1) is 0 Å². The Kier molecular flexibility index (Phi) is 5.30. The van der Waals surface area contributed by atoms with Crippen molar-refractivity contribution in [2.45, 2.75) is 38.8 Å². The van der Waals surface area contributed by atoms with E-state index in [0.717, 1.165) is 18.9 Å². The van der Waals surface area contributed by atoms with Gasteiger partial charge in [0.25, 0.3) is 0 Å². The Hall–Kier alpha value is -2.57. The number of carbonyl (C=O) groups is 1. The fraction of sp³-hybridized carbons (Fsp3) is 0.471. The Balaban J connectivity index is 1.48. The van der Waals surface area contributed by atoms with Gasteiger partial charge >= 0.3 is 6.03 Å². The highest BCUT2D eigenvalue weighted by Crippen LogP contribution is 2.18. The number of piperidine rings is 1. The molecule has 7 heteroatoms. The van der Waals surface area contributed by atoms with Gasteiger partial charge in [0.15, 0.2) is 0 Å². The molecule has 3 rings (SSSR count). The first-order valence-electron chi connectivity index (χ1n) is 8.46. The Morgan fingerprint density at radius 3 is 2.79 bits per heavy atom. The summed E-state index contributed by atoms with van der Waals surface area (Å²) in [6.45, 7) is 4.70. The van der Waals surface area contributed by atoms with Crippen LogP contribution in [0.15, 0.2) is 36.8 Å². The quantitative estimate of drug-likeness (QED) is 0.884. The largest absolute Gasteiger partial charge is 0.357 e. The first-order valence-corrected chi connectivity index (χ1v) is 8.46. The third kappa shape index (κ3) is 4.47. The van der Waals surface area contributed by atoms with Gasteiger partial charge < -0.3 is 15.5 Å². The summed E-state index contributed by atoms with van der Waals surface area (Å²) in [7, 11) is 0. The standard InChI is InChI=1S/C17H24N6O/c1-14(13-23-11-5-8-19-23)20-17(24)21-15-6-7-16(18-12-15)22-9-3-2-4-10-22/h5-8,11-12,14H,2-4,9-10,13H2,1H3,(H2,20,21,24). The van der Waals surface area contributed by atoms with Crippen molar-refractivity contribution in [1.82, 2.24) is 20.1 Å². The third-order valence-electron chi connectivity index (χ3n) is 4.08. The van der Waals surface area contributed by atoms with Crippen LogP contribution in [0.25, 0.3) is 0 Å². The first kappa shape index (κ1) is 16.3. The lowest BCUT2D eigenvalue weighted by molar-refractivity contribution is 0.247. The molecular weight excluding hydrogens is 304 g/mol. The molecule has 128 valence electrons. The molecule has 1 atom stereocenters. The molecule has 1 saturated heterocycles. The molecule has 0 aliphatic carbocycles. The van der Waals surface area contributed by atoms with Crippen molar-refractivity contribution < 1.29 is 4.79 Å². The molecule has 0 saturated carbocycles. The fourth-order valence-electron chi connectivity index (χ4n) is 2.90. The van der Waals surface area contributed by atoms with E-state index in [1.165, 1.54) is 19.3 Å². The van der Waals surface area contributed by atoms with E-state index in [-0.39, 0.29) is 12.1 Å². The number of anilines is 2. The highest BCUT2D eigenvalue weighted by atomic mass is 16.2. The minimum atomic E-state index is -0.234. The maximum absolute atomic E-state index is 12.0. The van der Waals surface area contributed by atoms with Crippen LogP contribution in [0.2, 0.25) is 0 Å². The first-order chi connectivity index (χ1) is 11.7. The van der Waals surface area contributed by atoms with Gasteiger partial charge in [0.05, 0.1) is 18.4 Å². The number of urea groups is 1. The van der Waals surface area contributed by atoms with Crippen molar-refractivity contribution in [3.63, 3.8) is 0 Å². The zero-order chi connectivity index (χ0) is 16.8. The molecule has 24 heavy (non-hydrogen) atoms. The van der Waals surface area contributed by atoms with Crippen LogP contribution in [0.4, 0.5) is 16.3 Å². The molecule has 1 unspecified atom stereocenters. The average molecular weight is 328 g/mol. The number of aromatic nitrogens is 3. The van der Waals surface area contributed by atoms with Crippen LogP contribution in [0, 0.1) is 0 Å². The van der Waals surface area contributed by atoms with Gasteiger partial charge in [-0.05, 0) is 44.4 Å². The molecule has 0 bridgehead atoms. The molecule has 2 amide bonds. The van der Waals surface area contributed by atoms with Crippen LogP contribution in [-0.4, -0.2) is 39.9 Å². The van der Waals surface area contributed by atoms with E-state index in [1.807, 2.05) is 31.3 Å². The van der Waals surface area contributed by atoms with Gasteiger partial charge in [-0.2, -0.15) is 5.10 Å². The number of pyridine rings is 1. The van der Waals surface area contributed by atoms with E-state index < -0.39 is 0 Å². The fourth-order valence-corrected chi connectivity index (χ4v) is 2.90. The zero-order valence-corrected chi connectivity index (χ0v) is 14.0. The van der Waals surface area contributed by atoms with Crippen LogP contribution in [0.1, 0.15) is 26.2 Å². The van der Waals surface area contributed by atoms with Gasteiger partial charge in [-0.25, -0.2) is 9.78 Å². The van der Waals surface area contributed by atoms with E-state index in [4.69, 9.17) is 0 Å². The predicted octanol–water partition coefficient (Wildman–Crippen LogP) is 2.48. The molecule has 2 N–H and O–H groups in total. The summed E-state index contributed by atoms with van der Waals surface area (Å²) in [6, 6.07) is 5.47. The minimum Gasteiger partial charge on any atom is -0.357 e. The molecule has 7 nitrogen and oxygen atoms in total. The summed E-state index contributed by atoms with van der Waals surface area (Å²) in [5.41, 5.74) is 0.694. The Bertz CT molecular complexity index is 634. The topological polar surface area (TPSA) is 75.1 Å². The van der Waals surface area contributed by atoms with Crippen LogP contribution >= 0.6 is 0 Å². The van der Waals surface area contributed by atoms with Crippen molar-refractivity contribution in [1.29, 1.82) is 0 Å². The number of carbonyl (C=O) groups excluding carboxylic acids is 1. The molecule has 1 aliphatic heterocycles. The summed E-state index contributed by atoms with van der Waals surface area (Å²) in [5.74, 6) is 0.979. The molecular formula is C17H24N6O. The lowest BCUT2D eigenvalue weighted by Crippen LogP contribution is -2.38. The smallest absolute Gasteiger partial charge is 0.319 e. The Labute approximate surface area is 142 Å². The maximum atomic E-state index is 12.0. The van der Waals surface area contributed by atoms with E-state index in [9.17, 15) is 4.79 Å². The second kappa shape index (κ2) is 7.81. The van der Waals surface area contributed by atoms with Gasteiger partial charge in [-0.1, -0.05) is 0 Å². The zero-order valence-electron chi connectivity index (χ0n) is 14.0. The summed E-state index contributed by atoms with van der Waals surface area (Å²) >= 11 is 0. The number of hydrogen-bond acceptors (Lipinski definition) is 4. The number of nitrogens with zero attached hydrogens (tertiary/aromatic N) is 4. The van der Waals surface area contributed by atoms with Gasteiger partial charge in [0, 0.05) is 31.5 Å². The molecule has 1 aliphatic rings. The SMILES string of the molecule is CC(Cn1cccn1)NC(=O)Nc1ccc(N2CCCCC2)nc1. The predicted molar refractivity (Wildman–Crippen MR) is 94.1 cm³/mol. The molecule has 3 heterocycles. The lowest BCUT2D eigenvalue weighted by Gasteiger charge is -2.27. The number of hydrogen-bond donors (Lipinski definition) is 2. The average Bonchev–Trinajstić information content (AvgIpc) is 3.09. The molecule has 1 fully saturated rings. The Morgan fingerprint density at radius 1 is 1.29 bits per heavy atom. The van der Waals surface area contributed by atoms with Crippen LogP contribution in [0.5, 0.6) is 0 Å². The molecule has 0 radical (unpaired) electrons. The van der Waals surface area contributed by atoms with Crippen molar-refractivity contribution >= 4 is 17.5 Å². The van der Waals surface area contributed by atoms with E-state index >= 15 is 0 Å². The second-order valence-electron chi connectivity index (χ2n) is 6.18. The van der Waals surface area contributed by atoms with Crippen LogP contribution < -0.4 is 15.5 Å². The van der Waals surface area contributed by atoms with Gasteiger partial charge in [0.2, 0.25) is 0 Å². The normalized spacial score (nSPS) is 15.8. The molecule has 2 aromatic rings. The highest BCUT2D eigenvalue weighted by molar-refractivity contribution is 5.89. The Morgan fingerprint density at radius 2 is 2.12 bits per heavy atom. The van der Waals surface area contributed by atoms with Crippen molar-refractivity contribution in [3.05, 3.63) is 36.8 Å². The molecule has 0 aromatic carbocycles. The maximum Gasteiger partial charge on any atom is 0.319 e. The number of amides is 2. The van der Waals surface area contributed by atoms with Crippen molar-refractivity contribution in [3.8, 4) is 0 Å². The third-order valence-corrected chi connectivity index (χ3v) is 4.08. The number of rotatable bonds is 5. The number of nitrogens with one attached hydrogen (secondary N) is 2. The monoisotopic (exact) mass is 328 g/mol. The van der Waals surface area contributed by atoms with Crippen LogP contribution in [0.3, 0.4) is 0 Å². The summed E-state index contributed by atoms with van der Waals surface area (Å²) in [5, 5.41) is 9.85. The van der Waals surface area contributed by atoms with Gasteiger partial charge in [-0.3, -0.25) is 4.68 Å².